The molecule has 0 bridgehead atoms. The summed E-state index contributed by atoms with van der Waals surface area (Å²) in [7, 11) is 0. The van der Waals surface area contributed by atoms with E-state index in [1.165, 1.54) is 11.3 Å². The average molecular weight is 268 g/mol. The predicted octanol–water partition coefficient (Wildman–Crippen LogP) is 3.47. The number of aliphatic hydroxyl groups excluding tert-OH is 1. The summed E-state index contributed by atoms with van der Waals surface area (Å²) in [4.78, 5) is 6.80. The molecule has 0 saturated heterocycles. The van der Waals surface area contributed by atoms with Crippen molar-refractivity contribution in [3.63, 3.8) is 0 Å². The lowest BCUT2D eigenvalue weighted by Crippen LogP contribution is -2.30. The Bertz CT molecular complexity index is 592. The van der Waals surface area contributed by atoms with Crippen molar-refractivity contribution in [2.45, 2.75) is 26.4 Å². The first-order valence-corrected chi connectivity index (χ1v) is 7.14. The first kappa shape index (κ1) is 13.1. The van der Waals surface area contributed by atoms with E-state index in [9.17, 15) is 5.11 Å². The van der Waals surface area contributed by atoms with Crippen LogP contribution in [0.1, 0.15) is 31.1 Å². The van der Waals surface area contributed by atoms with Gasteiger partial charge in [0.15, 0.2) is 0 Å². The Balaban J connectivity index is 1.97. The van der Waals surface area contributed by atoms with Crippen molar-refractivity contribution < 1.29 is 5.11 Å². The Hall–Kier alpha value is -1.87. The van der Waals surface area contributed by atoms with Crippen molar-refractivity contribution in [3.8, 4) is 0 Å². The number of aromatic nitrogens is 1. The molecule has 0 radical (unpaired) electrons. The summed E-state index contributed by atoms with van der Waals surface area (Å²) >= 11 is 0. The van der Waals surface area contributed by atoms with E-state index in [1.807, 2.05) is 12.1 Å². The normalized spacial score (nSPS) is 19.6. The van der Waals surface area contributed by atoms with E-state index in [4.69, 9.17) is 0 Å². The van der Waals surface area contributed by atoms with Crippen molar-refractivity contribution in [2.24, 2.45) is 5.92 Å². The van der Waals surface area contributed by atoms with Crippen LogP contribution in [0.5, 0.6) is 0 Å². The van der Waals surface area contributed by atoms with Crippen LogP contribution in [-0.4, -0.2) is 16.6 Å². The van der Waals surface area contributed by atoms with Crippen LogP contribution in [0.15, 0.2) is 42.6 Å². The van der Waals surface area contributed by atoms with Crippen LogP contribution in [0.25, 0.3) is 0 Å². The third kappa shape index (κ3) is 2.41. The fourth-order valence-corrected chi connectivity index (χ4v) is 2.82. The second-order valence-electron chi connectivity index (χ2n) is 5.67. The van der Waals surface area contributed by atoms with Crippen LogP contribution in [0, 0.1) is 5.92 Å². The van der Waals surface area contributed by atoms with Gasteiger partial charge in [-0.15, -0.1) is 0 Å². The Labute approximate surface area is 119 Å². The zero-order valence-corrected chi connectivity index (χ0v) is 12.0. The van der Waals surface area contributed by atoms with E-state index >= 15 is 0 Å². The van der Waals surface area contributed by atoms with Gasteiger partial charge in [-0.1, -0.05) is 31.2 Å². The number of nitrogens with zero attached hydrogens (tertiary/aromatic N) is 2. The standard InChI is InChI=1S/C17H20N2O/c1-12-9-14-5-3-4-6-16(14)19(11-12)17-8-7-15(10-18-17)13(2)20/h3-8,10,12-13,20H,9,11H2,1-2H3/t12?,13-/m1/s1. The fraction of sp³-hybridized carbons (Fsp3) is 0.353. The van der Waals surface area contributed by atoms with E-state index < -0.39 is 6.10 Å². The highest BCUT2D eigenvalue weighted by Crippen LogP contribution is 2.34. The molecule has 104 valence electrons. The Morgan fingerprint density at radius 2 is 2.05 bits per heavy atom. The van der Waals surface area contributed by atoms with Crippen LogP contribution in [0.3, 0.4) is 0 Å². The number of pyridine rings is 1. The number of para-hydroxylation sites is 1. The first-order valence-electron chi connectivity index (χ1n) is 7.14. The summed E-state index contributed by atoms with van der Waals surface area (Å²) in [6.07, 6.45) is 2.42. The molecule has 1 aliphatic rings. The Morgan fingerprint density at radius 3 is 2.75 bits per heavy atom. The van der Waals surface area contributed by atoms with Gasteiger partial charge in [0.1, 0.15) is 5.82 Å². The molecular weight excluding hydrogens is 248 g/mol. The van der Waals surface area contributed by atoms with E-state index in [0.29, 0.717) is 5.92 Å². The molecule has 3 nitrogen and oxygen atoms in total. The molecule has 0 saturated carbocycles. The minimum Gasteiger partial charge on any atom is -0.389 e. The maximum absolute atomic E-state index is 9.57. The molecule has 0 amide bonds. The van der Waals surface area contributed by atoms with Gasteiger partial charge in [-0.25, -0.2) is 4.98 Å². The third-order valence-electron chi connectivity index (χ3n) is 3.87. The topological polar surface area (TPSA) is 36.4 Å². The molecule has 3 heteroatoms. The molecule has 0 spiro atoms. The molecule has 0 aliphatic carbocycles. The second kappa shape index (κ2) is 5.25. The van der Waals surface area contributed by atoms with Gasteiger partial charge in [-0.05, 0) is 42.5 Å². The van der Waals surface area contributed by atoms with E-state index in [0.717, 1.165) is 24.3 Å². The van der Waals surface area contributed by atoms with Crippen LogP contribution in [-0.2, 0) is 6.42 Å². The maximum atomic E-state index is 9.57. The summed E-state index contributed by atoms with van der Waals surface area (Å²) in [5.41, 5.74) is 3.49. The smallest absolute Gasteiger partial charge is 0.132 e. The van der Waals surface area contributed by atoms with Gasteiger partial charge in [0.2, 0.25) is 0 Å². The highest BCUT2D eigenvalue weighted by molar-refractivity contribution is 5.65. The molecule has 1 aliphatic heterocycles. The number of anilines is 2. The summed E-state index contributed by atoms with van der Waals surface area (Å²) in [5.74, 6) is 1.57. The molecule has 0 fully saturated rings. The number of fused-ring (bicyclic) bond motifs is 1. The van der Waals surface area contributed by atoms with Crippen LogP contribution in [0.2, 0.25) is 0 Å². The molecule has 2 heterocycles. The molecule has 20 heavy (non-hydrogen) atoms. The third-order valence-corrected chi connectivity index (χ3v) is 3.87. The minimum absolute atomic E-state index is 0.468. The van der Waals surface area contributed by atoms with Crippen LogP contribution in [0.4, 0.5) is 11.5 Å². The van der Waals surface area contributed by atoms with Crippen molar-refractivity contribution >= 4 is 11.5 Å². The van der Waals surface area contributed by atoms with Gasteiger partial charge in [0.25, 0.3) is 0 Å². The number of aliphatic hydroxyl groups is 1. The fourth-order valence-electron chi connectivity index (χ4n) is 2.82. The molecule has 1 aromatic carbocycles. The Kier molecular flexibility index (Phi) is 3.45. The number of benzene rings is 1. The summed E-state index contributed by atoms with van der Waals surface area (Å²) in [6, 6.07) is 12.5. The predicted molar refractivity (Wildman–Crippen MR) is 81.2 cm³/mol. The quantitative estimate of drug-likeness (QED) is 0.906. The Morgan fingerprint density at radius 1 is 1.25 bits per heavy atom. The van der Waals surface area contributed by atoms with Gasteiger partial charge in [0, 0.05) is 18.4 Å². The number of hydrogen-bond donors (Lipinski definition) is 1. The minimum atomic E-state index is -0.468. The zero-order chi connectivity index (χ0) is 14.1. The van der Waals surface area contributed by atoms with Crippen molar-refractivity contribution in [1.29, 1.82) is 0 Å². The molecule has 1 N–H and O–H groups in total. The van der Waals surface area contributed by atoms with Crippen molar-refractivity contribution in [2.75, 3.05) is 11.4 Å². The second-order valence-corrected chi connectivity index (χ2v) is 5.67. The van der Waals surface area contributed by atoms with E-state index in [1.54, 1.807) is 13.1 Å². The van der Waals surface area contributed by atoms with E-state index in [2.05, 4.69) is 41.1 Å². The average Bonchev–Trinajstić information content (AvgIpc) is 2.46. The number of rotatable bonds is 2. The first-order chi connectivity index (χ1) is 9.65. The maximum Gasteiger partial charge on any atom is 0.132 e. The lowest BCUT2D eigenvalue weighted by molar-refractivity contribution is 0.199. The largest absolute Gasteiger partial charge is 0.389 e. The van der Waals surface area contributed by atoms with Crippen LogP contribution >= 0.6 is 0 Å². The number of hydrogen-bond acceptors (Lipinski definition) is 3. The molecule has 1 unspecified atom stereocenters. The van der Waals surface area contributed by atoms with Gasteiger partial charge >= 0.3 is 0 Å². The monoisotopic (exact) mass is 268 g/mol. The summed E-state index contributed by atoms with van der Waals surface area (Å²) in [5, 5.41) is 9.57. The summed E-state index contributed by atoms with van der Waals surface area (Å²) in [6.45, 7) is 5.01. The lowest BCUT2D eigenvalue weighted by Gasteiger charge is -2.34. The molecule has 2 atom stereocenters. The lowest BCUT2D eigenvalue weighted by atomic mass is 9.94. The van der Waals surface area contributed by atoms with Gasteiger partial charge in [-0.3, -0.25) is 0 Å². The molecule has 1 aromatic heterocycles. The molecular formula is C17H20N2O. The van der Waals surface area contributed by atoms with Crippen molar-refractivity contribution in [3.05, 3.63) is 53.7 Å². The molecule has 2 aromatic rings. The van der Waals surface area contributed by atoms with Gasteiger partial charge < -0.3 is 10.0 Å². The summed E-state index contributed by atoms with van der Waals surface area (Å²) < 4.78 is 0. The molecule has 3 rings (SSSR count). The SMILES string of the molecule is CC1Cc2ccccc2N(c2ccc([C@@H](C)O)cn2)C1. The van der Waals surface area contributed by atoms with Gasteiger partial charge in [0.05, 0.1) is 6.10 Å². The highest BCUT2D eigenvalue weighted by atomic mass is 16.3. The van der Waals surface area contributed by atoms with Crippen molar-refractivity contribution in [1.82, 2.24) is 4.98 Å². The van der Waals surface area contributed by atoms with Crippen LogP contribution < -0.4 is 4.90 Å². The zero-order valence-electron chi connectivity index (χ0n) is 12.0. The highest BCUT2D eigenvalue weighted by Gasteiger charge is 2.23. The van der Waals surface area contributed by atoms with E-state index in [-0.39, 0.29) is 0 Å². The van der Waals surface area contributed by atoms with Gasteiger partial charge in [-0.2, -0.15) is 0 Å².